The van der Waals surface area contributed by atoms with E-state index in [9.17, 15) is 27.2 Å². The molecule has 5 rings (SSSR count). The SMILES string of the molecule is CC(=O)O[C@@H](CC[C@H]1C(=O)N(c2ccc(CCCNS(C)(=O)=O)cc2)[C@@H]1c1ccc(CCCC2(OC(C)=O)COC(C)(C)OC2)cc1)c1ccc(F)cc1. The first-order chi connectivity index (χ1) is 25.5. The van der Waals surface area contributed by atoms with Crippen LogP contribution in [0.5, 0.6) is 0 Å². The molecule has 292 valence electrons. The molecule has 0 aliphatic carbocycles. The Bertz CT molecular complexity index is 1860. The van der Waals surface area contributed by atoms with Gasteiger partial charge in [-0.1, -0.05) is 48.5 Å². The lowest BCUT2D eigenvalue weighted by Gasteiger charge is -2.48. The summed E-state index contributed by atoms with van der Waals surface area (Å²) in [5, 5.41) is 0. The maximum atomic E-state index is 13.9. The summed E-state index contributed by atoms with van der Waals surface area (Å²) in [7, 11) is -3.25. The van der Waals surface area contributed by atoms with Crippen LogP contribution >= 0.6 is 0 Å². The third kappa shape index (κ3) is 11.2. The Morgan fingerprint density at radius 1 is 0.907 bits per heavy atom. The van der Waals surface area contributed by atoms with Crippen LogP contribution in [0.15, 0.2) is 72.8 Å². The molecule has 54 heavy (non-hydrogen) atoms. The molecule has 2 saturated heterocycles. The fourth-order valence-corrected chi connectivity index (χ4v) is 7.64. The number of benzene rings is 3. The van der Waals surface area contributed by atoms with Crippen LogP contribution in [0.4, 0.5) is 10.1 Å². The van der Waals surface area contributed by atoms with Gasteiger partial charge in [0.25, 0.3) is 0 Å². The van der Waals surface area contributed by atoms with E-state index < -0.39 is 45.2 Å². The van der Waals surface area contributed by atoms with E-state index in [4.69, 9.17) is 18.9 Å². The Hall–Kier alpha value is -4.17. The number of amides is 1. The predicted octanol–water partition coefficient (Wildman–Crippen LogP) is 6.50. The zero-order valence-corrected chi connectivity index (χ0v) is 32.5. The molecule has 0 bridgehead atoms. The fourth-order valence-electron chi connectivity index (χ4n) is 7.12. The van der Waals surface area contributed by atoms with Gasteiger partial charge >= 0.3 is 11.9 Å². The highest BCUT2D eigenvalue weighted by atomic mass is 32.2. The van der Waals surface area contributed by atoms with E-state index in [-0.39, 0.29) is 31.1 Å². The molecule has 3 atom stereocenters. The number of nitrogens with one attached hydrogen (secondary N) is 1. The molecule has 13 heteroatoms. The Morgan fingerprint density at radius 3 is 2.07 bits per heavy atom. The number of hydrogen-bond acceptors (Lipinski definition) is 9. The zero-order valence-electron chi connectivity index (χ0n) is 31.6. The van der Waals surface area contributed by atoms with Crippen LogP contribution in [0, 0.1) is 11.7 Å². The first-order valence-electron chi connectivity index (χ1n) is 18.4. The molecule has 0 spiro atoms. The first-order valence-corrected chi connectivity index (χ1v) is 20.3. The summed E-state index contributed by atoms with van der Waals surface area (Å²) in [5.74, 6) is -2.42. The highest BCUT2D eigenvalue weighted by Crippen LogP contribution is 2.47. The van der Waals surface area contributed by atoms with Crippen LogP contribution < -0.4 is 9.62 Å². The van der Waals surface area contributed by atoms with Gasteiger partial charge in [-0.3, -0.25) is 14.4 Å². The second-order valence-corrected chi connectivity index (χ2v) is 16.6. The zero-order chi connectivity index (χ0) is 39.1. The smallest absolute Gasteiger partial charge is 0.303 e. The lowest BCUT2D eigenvalue weighted by Crippen LogP contribution is -2.55. The molecule has 0 saturated carbocycles. The van der Waals surface area contributed by atoms with Crippen molar-refractivity contribution in [1.29, 1.82) is 0 Å². The number of rotatable bonds is 17. The topological polar surface area (TPSA) is 138 Å². The summed E-state index contributed by atoms with van der Waals surface area (Å²) in [6.45, 7) is 7.23. The van der Waals surface area contributed by atoms with Gasteiger partial charge in [0.05, 0.1) is 31.4 Å². The Balaban J connectivity index is 1.31. The number of β-lactam (4-membered cyclic amide) rings is 1. The third-order valence-electron chi connectivity index (χ3n) is 9.87. The highest BCUT2D eigenvalue weighted by molar-refractivity contribution is 7.88. The van der Waals surface area contributed by atoms with Crippen molar-refractivity contribution in [2.45, 2.75) is 96.2 Å². The van der Waals surface area contributed by atoms with Crippen molar-refractivity contribution in [1.82, 2.24) is 4.72 Å². The number of anilines is 1. The minimum Gasteiger partial charge on any atom is -0.458 e. The van der Waals surface area contributed by atoms with Crippen molar-refractivity contribution in [3.05, 3.63) is 101 Å². The minimum atomic E-state index is -3.25. The molecule has 1 N–H and O–H groups in total. The molecule has 0 aromatic heterocycles. The summed E-state index contributed by atoms with van der Waals surface area (Å²) >= 11 is 0. The lowest BCUT2D eigenvalue weighted by molar-refractivity contribution is -0.305. The minimum absolute atomic E-state index is 0.0503. The number of hydrogen-bond donors (Lipinski definition) is 1. The molecule has 0 radical (unpaired) electrons. The molecular weight excluding hydrogens is 716 g/mol. The number of sulfonamides is 1. The quantitative estimate of drug-likeness (QED) is 0.0927. The van der Waals surface area contributed by atoms with Gasteiger partial charge in [0, 0.05) is 26.1 Å². The molecule has 2 heterocycles. The number of halogens is 1. The van der Waals surface area contributed by atoms with Crippen LogP contribution in [-0.2, 0) is 56.2 Å². The summed E-state index contributed by atoms with van der Waals surface area (Å²) < 4.78 is 62.0. The Kier molecular flexibility index (Phi) is 13.3. The number of nitrogens with zero attached hydrogens (tertiary/aromatic N) is 1. The van der Waals surface area contributed by atoms with E-state index in [2.05, 4.69) is 16.9 Å². The maximum absolute atomic E-state index is 13.9. The maximum Gasteiger partial charge on any atom is 0.303 e. The van der Waals surface area contributed by atoms with Crippen molar-refractivity contribution >= 4 is 33.6 Å². The van der Waals surface area contributed by atoms with Crippen LogP contribution in [-0.4, -0.2) is 63.7 Å². The third-order valence-corrected chi connectivity index (χ3v) is 10.6. The van der Waals surface area contributed by atoms with Crippen molar-refractivity contribution < 1.29 is 46.1 Å². The average Bonchev–Trinajstić information content (AvgIpc) is 3.10. The van der Waals surface area contributed by atoms with Gasteiger partial charge < -0.3 is 23.8 Å². The standard InChI is InChI=1S/C41H51FN2O9S/c1-28(45)52-37(32-16-18-34(42)19-17-32)23-22-36-38(44(39(36)47)35-20-12-31(13-21-35)9-7-25-43-54(5,48)49)33-14-10-30(11-15-33)8-6-24-41(53-29(2)46)26-50-40(3,4)51-27-41/h10-21,36-38,43H,6-9,22-27H2,1-5H3/t36-,37+,38-/m1/s1. The number of carbonyl (C=O) groups is 3. The average molecular weight is 767 g/mol. The van der Waals surface area contributed by atoms with E-state index in [0.717, 1.165) is 41.5 Å². The van der Waals surface area contributed by atoms with Crippen molar-refractivity contribution in [2.75, 3.05) is 30.9 Å². The molecule has 1 amide bonds. The Labute approximate surface area is 317 Å². The number of esters is 2. The second-order valence-electron chi connectivity index (χ2n) is 14.8. The van der Waals surface area contributed by atoms with Gasteiger partial charge in [-0.05, 0) is 105 Å². The van der Waals surface area contributed by atoms with Gasteiger partial charge in [0.1, 0.15) is 11.9 Å². The summed E-state index contributed by atoms with van der Waals surface area (Å²) in [5.41, 5.74) is 3.62. The molecular formula is C41H51FN2O9S. The van der Waals surface area contributed by atoms with Crippen LogP contribution in [0.3, 0.4) is 0 Å². The number of carbonyl (C=O) groups excluding carboxylic acids is 3. The largest absolute Gasteiger partial charge is 0.458 e. The van der Waals surface area contributed by atoms with E-state index in [1.54, 1.807) is 17.0 Å². The van der Waals surface area contributed by atoms with Crippen LogP contribution in [0.25, 0.3) is 0 Å². The summed E-state index contributed by atoms with van der Waals surface area (Å²) in [6.07, 6.45) is 4.64. The summed E-state index contributed by atoms with van der Waals surface area (Å²) in [4.78, 5) is 39.6. The normalized spacial score (nSPS) is 19.8. The molecule has 3 aromatic carbocycles. The fraction of sp³-hybridized carbons (Fsp3) is 0.488. The summed E-state index contributed by atoms with van der Waals surface area (Å²) in [6, 6.07) is 21.5. The van der Waals surface area contributed by atoms with E-state index in [1.807, 2.05) is 50.2 Å². The molecule has 2 aliphatic heterocycles. The Morgan fingerprint density at radius 2 is 1.50 bits per heavy atom. The predicted molar refractivity (Wildman–Crippen MR) is 201 cm³/mol. The van der Waals surface area contributed by atoms with Crippen molar-refractivity contribution in [3.63, 3.8) is 0 Å². The second kappa shape index (κ2) is 17.5. The van der Waals surface area contributed by atoms with Gasteiger partial charge in [0.2, 0.25) is 15.9 Å². The molecule has 0 unspecified atom stereocenters. The van der Waals surface area contributed by atoms with Gasteiger partial charge in [0.15, 0.2) is 11.4 Å². The highest BCUT2D eigenvalue weighted by Gasteiger charge is 2.48. The van der Waals surface area contributed by atoms with Gasteiger partial charge in [-0.25, -0.2) is 17.5 Å². The number of aryl methyl sites for hydroxylation is 2. The van der Waals surface area contributed by atoms with E-state index in [0.29, 0.717) is 44.2 Å². The van der Waals surface area contributed by atoms with Crippen LogP contribution in [0.1, 0.15) is 94.2 Å². The number of ether oxygens (including phenoxy) is 4. The first kappa shape index (κ1) is 41.0. The van der Waals surface area contributed by atoms with Crippen LogP contribution in [0.2, 0.25) is 0 Å². The van der Waals surface area contributed by atoms with Crippen molar-refractivity contribution in [3.8, 4) is 0 Å². The lowest BCUT2D eigenvalue weighted by atomic mass is 9.78. The van der Waals surface area contributed by atoms with E-state index >= 15 is 0 Å². The van der Waals surface area contributed by atoms with Gasteiger partial charge in [-0.15, -0.1) is 0 Å². The molecule has 3 aromatic rings. The van der Waals surface area contributed by atoms with Gasteiger partial charge in [-0.2, -0.15) is 0 Å². The molecule has 2 fully saturated rings. The van der Waals surface area contributed by atoms with E-state index in [1.165, 1.54) is 26.0 Å². The molecule has 11 nitrogen and oxygen atoms in total. The monoisotopic (exact) mass is 766 g/mol. The van der Waals surface area contributed by atoms with Crippen molar-refractivity contribution in [2.24, 2.45) is 5.92 Å². The molecule has 2 aliphatic rings.